The second-order valence-electron chi connectivity index (χ2n) is 11.8. The molecule has 1 aliphatic heterocycles. The molecular weight excluding hydrogens is 546 g/mol. The third-order valence-electron chi connectivity index (χ3n) is 6.18. The lowest BCUT2D eigenvalue weighted by Crippen LogP contribution is -2.66. The zero-order valence-electron chi connectivity index (χ0n) is 23.1. The van der Waals surface area contributed by atoms with Crippen molar-refractivity contribution in [3.8, 4) is 0 Å². The highest BCUT2D eigenvalue weighted by molar-refractivity contribution is 6.42. The first-order chi connectivity index (χ1) is 18.0. The van der Waals surface area contributed by atoms with E-state index < -0.39 is 34.6 Å². The summed E-state index contributed by atoms with van der Waals surface area (Å²) in [6.45, 7) is 12.8. The van der Waals surface area contributed by atoms with E-state index in [1.807, 2.05) is 45.9 Å². The van der Waals surface area contributed by atoms with Crippen LogP contribution in [-0.2, 0) is 26.4 Å². The van der Waals surface area contributed by atoms with Crippen molar-refractivity contribution in [2.45, 2.75) is 71.8 Å². The average molecular weight is 580 g/mol. The molecule has 1 amide bonds. The lowest BCUT2D eigenvalue weighted by molar-refractivity contribution is -0.155. The molecule has 1 N–H and O–H groups in total. The number of esters is 1. The number of hydrogen-bond acceptors (Lipinski definition) is 6. The van der Waals surface area contributed by atoms with Crippen molar-refractivity contribution in [3.63, 3.8) is 0 Å². The van der Waals surface area contributed by atoms with Gasteiger partial charge in [-0.05, 0) is 78.8 Å². The number of benzene rings is 2. The minimum atomic E-state index is -1.06. The van der Waals surface area contributed by atoms with Crippen molar-refractivity contribution in [1.29, 1.82) is 0 Å². The number of nitrogens with zero attached hydrogens (tertiary/aromatic N) is 3. The van der Waals surface area contributed by atoms with E-state index in [1.165, 1.54) is 17.0 Å². The fourth-order valence-electron chi connectivity index (χ4n) is 4.59. The van der Waals surface area contributed by atoms with Crippen LogP contribution in [0.5, 0.6) is 0 Å². The normalized spacial score (nSPS) is 15.2. The van der Waals surface area contributed by atoms with Gasteiger partial charge in [-0.3, -0.25) is 9.48 Å². The monoisotopic (exact) mass is 578 g/mol. The van der Waals surface area contributed by atoms with Crippen LogP contribution in [-0.4, -0.2) is 51.0 Å². The molecule has 2 heterocycles. The van der Waals surface area contributed by atoms with Crippen molar-refractivity contribution in [2.75, 3.05) is 18.4 Å². The van der Waals surface area contributed by atoms with Crippen LogP contribution >= 0.6 is 23.2 Å². The molecule has 2 aromatic carbocycles. The van der Waals surface area contributed by atoms with Crippen LogP contribution in [0.15, 0.2) is 30.3 Å². The lowest BCUT2D eigenvalue weighted by Gasteiger charge is -2.51. The molecule has 1 aromatic heterocycles. The Morgan fingerprint density at radius 1 is 1.05 bits per heavy atom. The molecule has 4 rings (SSSR count). The Morgan fingerprint density at radius 2 is 1.69 bits per heavy atom. The van der Waals surface area contributed by atoms with E-state index >= 15 is 4.39 Å². The van der Waals surface area contributed by atoms with E-state index in [0.717, 1.165) is 11.1 Å². The first-order valence-electron chi connectivity index (χ1n) is 12.6. The molecule has 1 fully saturated rings. The molecule has 39 heavy (non-hydrogen) atoms. The van der Waals surface area contributed by atoms with Gasteiger partial charge in [0.15, 0.2) is 0 Å². The zero-order valence-corrected chi connectivity index (χ0v) is 24.6. The quantitative estimate of drug-likeness (QED) is 0.268. The first-order valence-corrected chi connectivity index (χ1v) is 13.3. The summed E-state index contributed by atoms with van der Waals surface area (Å²) >= 11 is 12.8. The number of rotatable bonds is 5. The van der Waals surface area contributed by atoms with E-state index in [0.29, 0.717) is 11.2 Å². The Balaban J connectivity index is 1.66. The van der Waals surface area contributed by atoms with E-state index in [1.54, 1.807) is 25.5 Å². The third-order valence-corrected chi connectivity index (χ3v) is 6.99. The van der Waals surface area contributed by atoms with Crippen LogP contribution in [0.3, 0.4) is 0 Å². The van der Waals surface area contributed by atoms with Crippen molar-refractivity contribution in [1.82, 2.24) is 14.7 Å². The topological polar surface area (TPSA) is 85.7 Å². The van der Waals surface area contributed by atoms with Gasteiger partial charge < -0.3 is 19.7 Å². The number of aryl methyl sites for hydroxylation is 1. The predicted octanol–water partition coefficient (Wildman–Crippen LogP) is 6.69. The Labute approximate surface area is 237 Å². The minimum Gasteiger partial charge on any atom is -0.459 e. The van der Waals surface area contributed by atoms with Crippen molar-refractivity contribution >= 4 is 51.9 Å². The molecular formula is C28H33Cl2FN4O4. The summed E-state index contributed by atoms with van der Waals surface area (Å²) in [5.74, 6) is -0.933. The summed E-state index contributed by atoms with van der Waals surface area (Å²) in [4.78, 5) is 26.6. The van der Waals surface area contributed by atoms with E-state index in [-0.39, 0.29) is 35.2 Å². The molecule has 11 heteroatoms. The van der Waals surface area contributed by atoms with Crippen LogP contribution in [0.2, 0.25) is 10.0 Å². The highest BCUT2D eigenvalue weighted by Gasteiger charge is 2.50. The van der Waals surface area contributed by atoms with Gasteiger partial charge in [-0.1, -0.05) is 23.2 Å². The van der Waals surface area contributed by atoms with Crippen LogP contribution < -0.4 is 5.32 Å². The number of aromatic nitrogens is 2. The maximum atomic E-state index is 15.2. The number of ether oxygens (including phenoxy) is 2. The zero-order chi connectivity index (χ0) is 28.9. The number of anilines is 1. The molecule has 0 bridgehead atoms. The smallest absolute Gasteiger partial charge is 0.410 e. The van der Waals surface area contributed by atoms with Gasteiger partial charge in [0, 0.05) is 22.3 Å². The molecule has 8 nitrogen and oxygen atoms in total. The Morgan fingerprint density at radius 3 is 2.31 bits per heavy atom. The Hall–Kier alpha value is -3.04. The number of fused-ring (bicyclic) bond motifs is 1. The van der Waals surface area contributed by atoms with Crippen molar-refractivity contribution in [2.24, 2.45) is 0 Å². The van der Waals surface area contributed by atoms with Crippen LogP contribution in [0.1, 0.15) is 52.8 Å². The highest BCUT2D eigenvalue weighted by Crippen LogP contribution is 2.43. The predicted molar refractivity (Wildman–Crippen MR) is 150 cm³/mol. The van der Waals surface area contributed by atoms with Crippen LogP contribution in [0.4, 0.5) is 14.9 Å². The van der Waals surface area contributed by atoms with Crippen molar-refractivity contribution < 1.29 is 23.5 Å². The summed E-state index contributed by atoms with van der Waals surface area (Å²) in [5.41, 5.74) is -0.103. The number of halogens is 3. The molecule has 0 spiro atoms. The van der Waals surface area contributed by atoms with Gasteiger partial charge in [0.05, 0.1) is 28.7 Å². The molecule has 0 unspecified atom stereocenters. The minimum absolute atomic E-state index is 0.0291. The maximum Gasteiger partial charge on any atom is 0.410 e. The molecule has 0 atom stereocenters. The van der Waals surface area contributed by atoms with Gasteiger partial charge in [0.2, 0.25) is 0 Å². The first kappa shape index (κ1) is 29.0. The van der Waals surface area contributed by atoms with Gasteiger partial charge in [0.25, 0.3) is 0 Å². The van der Waals surface area contributed by atoms with E-state index in [4.69, 9.17) is 32.7 Å². The Kier molecular flexibility index (Phi) is 7.55. The van der Waals surface area contributed by atoms with E-state index in [9.17, 15) is 9.59 Å². The molecule has 210 valence electrons. The van der Waals surface area contributed by atoms with Gasteiger partial charge in [-0.25, -0.2) is 9.18 Å². The SMILES string of the molecule is Cc1c2ccc(NC3(c4c(F)ccc(Cl)c4Cl)CN(C(=O)OC(C)(C)C)C3)cc2nn1CC(=O)OC(C)(C)C. The second-order valence-corrected chi connectivity index (χ2v) is 12.6. The number of carbonyl (C=O) groups is 2. The third kappa shape index (κ3) is 6.25. The largest absolute Gasteiger partial charge is 0.459 e. The van der Waals surface area contributed by atoms with Gasteiger partial charge in [0.1, 0.15) is 29.1 Å². The molecule has 1 aliphatic rings. The fraction of sp³-hybridized carbons (Fsp3) is 0.464. The molecule has 3 aromatic rings. The molecule has 1 saturated heterocycles. The summed E-state index contributed by atoms with van der Waals surface area (Å²) < 4.78 is 27.7. The number of nitrogens with one attached hydrogen (secondary N) is 1. The number of hydrogen-bond donors (Lipinski definition) is 1. The van der Waals surface area contributed by atoms with Gasteiger partial charge >= 0.3 is 12.1 Å². The molecule has 0 radical (unpaired) electrons. The average Bonchev–Trinajstić information content (AvgIpc) is 3.06. The summed E-state index contributed by atoms with van der Waals surface area (Å²) in [6.07, 6.45) is -0.509. The highest BCUT2D eigenvalue weighted by atomic mass is 35.5. The summed E-state index contributed by atoms with van der Waals surface area (Å²) in [7, 11) is 0. The summed E-state index contributed by atoms with van der Waals surface area (Å²) in [6, 6.07) is 8.17. The maximum absolute atomic E-state index is 15.2. The van der Waals surface area contributed by atoms with Crippen molar-refractivity contribution in [3.05, 3.63) is 57.5 Å². The van der Waals surface area contributed by atoms with Crippen LogP contribution in [0, 0.1) is 12.7 Å². The molecule has 0 saturated carbocycles. The molecule has 0 aliphatic carbocycles. The standard InChI is InChI=1S/C28H33Cl2FN4O4/c1-16-18-9-8-17(12-21(18)33-35(16)13-22(36)38-26(2,3)4)32-28(23-20(31)11-10-19(29)24(23)30)14-34(15-28)25(37)39-27(5,6)7/h8-12,32H,13-15H2,1-7H3. The number of carbonyl (C=O) groups excluding carboxylic acids is 2. The summed E-state index contributed by atoms with van der Waals surface area (Å²) in [5, 5.41) is 9.11. The van der Waals surface area contributed by atoms with Gasteiger partial charge in [-0.2, -0.15) is 5.10 Å². The number of likely N-dealkylation sites (tertiary alicyclic amines) is 1. The van der Waals surface area contributed by atoms with Crippen LogP contribution in [0.25, 0.3) is 10.9 Å². The fourth-order valence-corrected chi connectivity index (χ4v) is 5.09. The number of amides is 1. The lowest BCUT2D eigenvalue weighted by atomic mass is 9.81. The Bertz CT molecular complexity index is 1440. The van der Waals surface area contributed by atoms with E-state index in [2.05, 4.69) is 10.4 Å². The second kappa shape index (κ2) is 10.2. The van der Waals surface area contributed by atoms with Gasteiger partial charge in [-0.15, -0.1) is 0 Å².